The lowest BCUT2D eigenvalue weighted by molar-refractivity contribution is -0.114. The number of pyridine rings is 1. The number of benzene rings is 1. The predicted octanol–water partition coefficient (Wildman–Crippen LogP) is 3.86. The van der Waals surface area contributed by atoms with E-state index in [1.54, 1.807) is 12.3 Å². The second-order valence-corrected chi connectivity index (χ2v) is 8.55. The highest BCUT2D eigenvalue weighted by molar-refractivity contribution is 6.30. The second kappa shape index (κ2) is 10.1. The molecule has 2 aromatic heterocycles. The van der Waals surface area contributed by atoms with Gasteiger partial charge in [0, 0.05) is 43.9 Å². The van der Waals surface area contributed by atoms with Gasteiger partial charge in [0.25, 0.3) is 0 Å². The van der Waals surface area contributed by atoms with E-state index >= 15 is 0 Å². The van der Waals surface area contributed by atoms with Crippen molar-refractivity contribution < 1.29 is 9.53 Å². The van der Waals surface area contributed by atoms with Crippen molar-refractivity contribution in [3.05, 3.63) is 53.2 Å². The van der Waals surface area contributed by atoms with Crippen LogP contribution < -0.4 is 10.2 Å². The third-order valence-corrected chi connectivity index (χ3v) is 5.68. The molecule has 168 valence electrons. The normalized spacial score (nSPS) is 16.0. The van der Waals surface area contributed by atoms with Gasteiger partial charge in [0.2, 0.25) is 11.9 Å². The average molecular weight is 455 g/mol. The largest absolute Gasteiger partial charge is 0.381 e. The number of carbonyl (C=O) groups is 1. The fourth-order valence-electron chi connectivity index (χ4n) is 3.91. The van der Waals surface area contributed by atoms with Gasteiger partial charge in [-0.05, 0) is 54.7 Å². The average Bonchev–Trinajstić information content (AvgIpc) is 3.19. The van der Waals surface area contributed by atoms with E-state index in [1.807, 2.05) is 37.4 Å². The van der Waals surface area contributed by atoms with Gasteiger partial charge in [0.05, 0.1) is 13.2 Å². The number of ether oxygens (including phenoxy) is 1. The maximum atomic E-state index is 11.3. The Morgan fingerprint density at radius 2 is 2.06 bits per heavy atom. The molecule has 1 aliphatic heterocycles. The first-order valence-corrected chi connectivity index (χ1v) is 11.1. The zero-order valence-electron chi connectivity index (χ0n) is 18.3. The summed E-state index contributed by atoms with van der Waals surface area (Å²) in [6.07, 6.45) is 4.00. The summed E-state index contributed by atoms with van der Waals surface area (Å²) < 4.78 is 7.73. The SMILES string of the molecule is CC(=O)Nc1ccc(Cn2c(-c3ccc(Cl)cc3)nnc2N(C)CC2CCCOC2)cn1. The molecule has 1 unspecified atom stereocenters. The summed E-state index contributed by atoms with van der Waals surface area (Å²) in [5, 5.41) is 12.4. The van der Waals surface area contributed by atoms with E-state index in [2.05, 4.69) is 30.0 Å². The lowest BCUT2D eigenvalue weighted by Gasteiger charge is -2.28. The van der Waals surface area contributed by atoms with Gasteiger partial charge in [0.1, 0.15) is 5.82 Å². The van der Waals surface area contributed by atoms with E-state index in [0.717, 1.165) is 55.5 Å². The van der Waals surface area contributed by atoms with Gasteiger partial charge < -0.3 is 15.0 Å². The standard InChI is InChI=1S/C23H27ClN6O2/c1-16(31)26-21-10-5-17(12-25-21)14-30-22(19-6-8-20(24)9-7-19)27-28-23(30)29(2)13-18-4-3-11-32-15-18/h5-10,12,18H,3-4,11,13-15H2,1-2H3,(H,25,26,31). The molecule has 1 atom stereocenters. The van der Waals surface area contributed by atoms with Crippen LogP contribution in [0.4, 0.5) is 11.8 Å². The molecule has 0 spiro atoms. The van der Waals surface area contributed by atoms with Gasteiger partial charge in [-0.15, -0.1) is 10.2 Å². The number of halogens is 1. The molecule has 1 saturated heterocycles. The number of anilines is 2. The zero-order valence-corrected chi connectivity index (χ0v) is 19.0. The maximum Gasteiger partial charge on any atom is 0.227 e. The molecule has 3 heterocycles. The van der Waals surface area contributed by atoms with Crippen LogP contribution in [0.1, 0.15) is 25.3 Å². The summed E-state index contributed by atoms with van der Waals surface area (Å²) in [5.74, 6) is 2.39. The van der Waals surface area contributed by atoms with E-state index in [0.29, 0.717) is 23.3 Å². The summed E-state index contributed by atoms with van der Waals surface area (Å²) in [6.45, 7) is 4.47. The number of carbonyl (C=O) groups excluding carboxylic acids is 1. The van der Waals surface area contributed by atoms with Crippen LogP contribution in [0.15, 0.2) is 42.6 Å². The van der Waals surface area contributed by atoms with Crippen molar-refractivity contribution in [3.63, 3.8) is 0 Å². The van der Waals surface area contributed by atoms with E-state index in [-0.39, 0.29) is 5.91 Å². The van der Waals surface area contributed by atoms with Crippen molar-refractivity contribution in [2.24, 2.45) is 5.92 Å². The summed E-state index contributed by atoms with van der Waals surface area (Å²) >= 11 is 6.08. The van der Waals surface area contributed by atoms with Crippen molar-refractivity contribution in [2.75, 3.05) is 37.0 Å². The Bertz CT molecular complexity index is 1050. The molecule has 1 aromatic carbocycles. The van der Waals surface area contributed by atoms with Crippen LogP contribution in [-0.2, 0) is 16.1 Å². The lowest BCUT2D eigenvalue weighted by atomic mass is 10.0. The minimum absolute atomic E-state index is 0.148. The molecule has 4 rings (SSSR count). The van der Waals surface area contributed by atoms with Crippen molar-refractivity contribution in [2.45, 2.75) is 26.3 Å². The van der Waals surface area contributed by atoms with Crippen LogP contribution in [0.2, 0.25) is 5.02 Å². The minimum Gasteiger partial charge on any atom is -0.381 e. The molecule has 1 aliphatic rings. The number of nitrogens with zero attached hydrogens (tertiary/aromatic N) is 5. The van der Waals surface area contributed by atoms with Crippen molar-refractivity contribution in [1.82, 2.24) is 19.7 Å². The maximum absolute atomic E-state index is 11.3. The van der Waals surface area contributed by atoms with E-state index < -0.39 is 0 Å². The van der Waals surface area contributed by atoms with Crippen molar-refractivity contribution >= 4 is 29.3 Å². The fourth-order valence-corrected chi connectivity index (χ4v) is 4.04. The van der Waals surface area contributed by atoms with Gasteiger partial charge in [-0.2, -0.15) is 0 Å². The Hall–Kier alpha value is -2.97. The van der Waals surface area contributed by atoms with Crippen LogP contribution in [0.25, 0.3) is 11.4 Å². The fraction of sp³-hybridized carbons (Fsp3) is 0.391. The molecule has 0 saturated carbocycles. The third-order valence-electron chi connectivity index (χ3n) is 5.43. The minimum atomic E-state index is -0.148. The van der Waals surface area contributed by atoms with Gasteiger partial charge in [-0.25, -0.2) is 4.98 Å². The van der Waals surface area contributed by atoms with Gasteiger partial charge in [-0.3, -0.25) is 9.36 Å². The van der Waals surface area contributed by atoms with Crippen LogP contribution >= 0.6 is 11.6 Å². The number of nitrogens with one attached hydrogen (secondary N) is 1. The van der Waals surface area contributed by atoms with Gasteiger partial charge in [0.15, 0.2) is 5.82 Å². The highest BCUT2D eigenvalue weighted by Crippen LogP contribution is 2.26. The van der Waals surface area contributed by atoms with Crippen LogP contribution in [-0.4, -0.2) is 52.5 Å². The topological polar surface area (TPSA) is 85.2 Å². The van der Waals surface area contributed by atoms with Crippen LogP contribution in [0, 0.1) is 5.92 Å². The molecule has 1 N–H and O–H groups in total. The highest BCUT2D eigenvalue weighted by Gasteiger charge is 2.22. The van der Waals surface area contributed by atoms with E-state index in [4.69, 9.17) is 16.3 Å². The summed E-state index contributed by atoms with van der Waals surface area (Å²) in [5.41, 5.74) is 1.91. The predicted molar refractivity (Wildman–Crippen MR) is 125 cm³/mol. The number of hydrogen-bond acceptors (Lipinski definition) is 6. The quantitative estimate of drug-likeness (QED) is 0.583. The molecule has 1 fully saturated rings. The number of rotatable bonds is 7. The monoisotopic (exact) mass is 454 g/mol. The molecule has 32 heavy (non-hydrogen) atoms. The molecule has 0 radical (unpaired) electrons. The molecule has 1 amide bonds. The summed E-state index contributed by atoms with van der Waals surface area (Å²) in [6, 6.07) is 11.3. The first-order chi connectivity index (χ1) is 15.5. The van der Waals surface area contributed by atoms with Crippen LogP contribution in [0.5, 0.6) is 0 Å². The Morgan fingerprint density at radius 1 is 1.25 bits per heavy atom. The first kappa shape index (κ1) is 22.2. The molecule has 9 heteroatoms. The Morgan fingerprint density at radius 3 is 2.72 bits per heavy atom. The first-order valence-electron chi connectivity index (χ1n) is 10.7. The van der Waals surface area contributed by atoms with Gasteiger partial charge in [-0.1, -0.05) is 17.7 Å². The lowest BCUT2D eigenvalue weighted by Crippen LogP contribution is -2.32. The molecule has 3 aromatic rings. The second-order valence-electron chi connectivity index (χ2n) is 8.11. The summed E-state index contributed by atoms with van der Waals surface area (Å²) in [4.78, 5) is 17.8. The van der Waals surface area contributed by atoms with Crippen molar-refractivity contribution in [3.8, 4) is 11.4 Å². The van der Waals surface area contributed by atoms with Crippen LogP contribution in [0.3, 0.4) is 0 Å². The Labute approximate surface area is 192 Å². The molecule has 8 nitrogen and oxygen atoms in total. The van der Waals surface area contributed by atoms with Crippen molar-refractivity contribution in [1.29, 1.82) is 0 Å². The number of amides is 1. The molecular weight excluding hydrogens is 428 g/mol. The molecular formula is C23H27ClN6O2. The molecule has 0 aliphatic carbocycles. The summed E-state index contributed by atoms with van der Waals surface area (Å²) in [7, 11) is 2.04. The molecule has 0 bridgehead atoms. The van der Waals surface area contributed by atoms with E-state index in [1.165, 1.54) is 6.92 Å². The number of aromatic nitrogens is 4. The third kappa shape index (κ3) is 5.44. The number of hydrogen-bond donors (Lipinski definition) is 1. The Balaban J connectivity index is 1.62. The highest BCUT2D eigenvalue weighted by atomic mass is 35.5. The zero-order chi connectivity index (χ0) is 22.5. The van der Waals surface area contributed by atoms with Gasteiger partial charge >= 0.3 is 0 Å². The Kier molecular flexibility index (Phi) is 7.02. The smallest absolute Gasteiger partial charge is 0.227 e. The van der Waals surface area contributed by atoms with E-state index in [9.17, 15) is 4.79 Å².